The SMILES string of the molecule is CCCNCCCCS(=O)(=O)N(C)Cc1scnc1C. The highest BCUT2D eigenvalue weighted by Crippen LogP contribution is 2.16. The standard InChI is InChI=1S/C13H25N3O2S2/c1-4-7-14-8-5-6-9-20(17,18)16(3)10-13-12(2)15-11-19-13/h11,14H,4-10H2,1-3H3. The van der Waals surface area contributed by atoms with Gasteiger partial charge in [0.25, 0.3) is 0 Å². The van der Waals surface area contributed by atoms with Crippen LogP contribution in [0.5, 0.6) is 0 Å². The number of aryl methyl sites for hydroxylation is 1. The molecule has 0 aliphatic rings. The molecule has 116 valence electrons. The molecule has 0 saturated heterocycles. The third kappa shape index (κ3) is 5.87. The van der Waals surface area contributed by atoms with Gasteiger partial charge in [0.1, 0.15) is 0 Å². The van der Waals surface area contributed by atoms with Crippen molar-refractivity contribution >= 4 is 21.4 Å². The van der Waals surface area contributed by atoms with Crippen LogP contribution in [0.4, 0.5) is 0 Å². The normalized spacial score (nSPS) is 12.2. The first-order valence-corrected chi connectivity index (χ1v) is 9.50. The van der Waals surface area contributed by atoms with Gasteiger partial charge in [-0.1, -0.05) is 6.92 Å². The molecule has 0 fully saturated rings. The van der Waals surface area contributed by atoms with E-state index in [0.717, 1.165) is 36.5 Å². The molecule has 1 heterocycles. The fraction of sp³-hybridized carbons (Fsp3) is 0.769. The largest absolute Gasteiger partial charge is 0.317 e. The van der Waals surface area contributed by atoms with E-state index in [0.29, 0.717) is 13.0 Å². The second-order valence-electron chi connectivity index (χ2n) is 4.89. The van der Waals surface area contributed by atoms with Crippen LogP contribution in [0.3, 0.4) is 0 Å². The van der Waals surface area contributed by atoms with Crippen LogP contribution in [0, 0.1) is 6.92 Å². The highest BCUT2D eigenvalue weighted by molar-refractivity contribution is 7.89. The summed E-state index contributed by atoms with van der Waals surface area (Å²) in [5.74, 6) is 0.217. The van der Waals surface area contributed by atoms with E-state index in [1.54, 1.807) is 12.6 Å². The Hall–Kier alpha value is -0.500. The number of sulfonamides is 1. The summed E-state index contributed by atoms with van der Waals surface area (Å²) in [4.78, 5) is 5.16. The summed E-state index contributed by atoms with van der Waals surface area (Å²) in [6, 6.07) is 0. The van der Waals surface area contributed by atoms with Gasteiger partial charge in [-0.25, -0.2) is 13.4 Å². The van der Waals surface area contributed by atoms with E-state index in [1.165, 1.54) is 15.6 Å². The second kappa shape index (κ2) is 8.71. The third-order valence-electron chi connectivity index (χ3n) is 3.12. The maximum atomic E-state index is 12.1. The lowest BCUT2D eigenvalue weighted by molar-refractivity contribution is 0.466. The minimum absolute atomic E-state index is 0.217. The zero-order valence-corrected chi connectivity index (χ0v) is 14.2. The maximum absolute atomic E-state index is 12.1. The fourth-order valence-corrected chi connectivity index (χ4v) is 3.89. The van der Waals surface area contributed by atoms with E-state index in [2.05, 4.69) is 17.2 Å². The van der Waals surface area contributed by atoms with Gasteiger partial charge in [0.15, 0.2) is 0 Å². The Morgan fingerprint density at radius 1 is 1.35 bits per heavy atom. The molecule has 0 atom stereocenters. The van der Waals surface area contributed by atoms with Crippen molar-refractivity contribution in [1.82, 2.24) is 14.6 Å². The van der Waals surface area contributed by atoms with Gasteiger partial charge in [-0.3, -0.25) is 0 Å². The summed E-state index contributed by atoms with van der Waals surface area (Å²) < 4.78 is 25.7. The number of unbranched alkanes of at least 4 members (excludes halogenated alkanes) is 1. The van der Waals surface area contributed by atoms with Crippen LogP contribution in [0.15, 0.2) is 5.51 Å². The first kappa shape index (κ1) is 17.6. The Labute approximate surface area is 126 Å². The predicted molar refractivity (Wildman–Crippen MR) is 84.5 cm³/mol. The topological polar surface area (TPSA) is 62.3 Å². The summed E-state index contributed by atoms with van der Waals surface area (Å²) in [7, 11) is -1.52. The van der Waals surface area contributed by atoms with E-state index in [1.807, 2.05) is 6.92 Å². The summed E-state index contributed by atoms with van der Waals surface area (Å²) in [5, 5.41) is 3.28. The van der Waals surface area contributed by atoms with Crippen molar-refractivity contribution in [3.63, 3.8) is 0 Å². The van der Waals surface area contributed by atoms with E-state index < -0.39 is 10.0 Å². The van der Waals surface area contributed by atoms with Crippen molar-refractivity contribution in [3.8, 4) is 0 Å². The molecule has 7 heteroatoms. The zero-order valence-electron chi connectivity index (χ0n) is 12.6. The van der Waals surface area contributed by atoms with Crippen molar-refractivity contribution in [1.29, 1.82) is 0 Å². The van der Waals surface area contributed by atoms with Gasteiger partial charge in [-0.2, -0.15) is 4.31 Å². The summed E-state index contributed by atoms with van der Waals surface area (Å²) in [5.41, 5.74) is 2.67. The Kier molecular flexibility index (Phi) is 7.65. The maximum Gasteiger partial charge on any atom is 0.214 e. The van der Waals surface area contributed by atoms with E-state index >= 15 is 0 Å². The second-order valence-corrected chi connectivity index (χ2v) is 8.02. The average molecular weight is 319 g/mol. The first-order valence-electron chi connectivity index (χ1n) is 7.01. The number of hydrogen-bond acceptors (Lipinski definition) is 5. The minimum Gasteiger partial charge on any atom is -0.317 e. The molecule has 0 aliphatic heterocycles. The molecule has 0 unspecified atom stereocenters. The highest BCUT2D eigenvalue weighted by Gasteiger charge is 2.18. The smallest absolute Gasteiger partial charge is 0.214 e. The van der Waals surface area contributed by atoms with Gasteiger partial charge in [0, 0.05) is 18.5 Å². The molecular formula is C13H25N3O2S2. The third-order valence-corrected chi connectivity index (χ3v) is 5.92. The van der Waals surface area contributed by atoms with Crippen molar-refractivity contribution in [2.24, 2.45) is 0 Å². The first-order chi connectivity index (χ1) is 9.47. The van der Waals surface area contributed by atoms with Crippen LogP contribution in [-0.2, 0) is 16.6 Å². The lowest BCUT2D eigenvalue weighted by Crippen LogP contribution is -2.29. The summed E-state index contributed by atoms with van der Waals surface area (Å²) in [6.07, 6.45) is 2.70. The molecule has 0 bridgehead atoms. The lowest BCUT2D eigenvalue weighted by Gasteiger charge is -2.16. The molecule has 1 rings (SSSR count). The quantitative estimate of drug-likeness (QED) is 0.670. The predicted octanol–water partition coefficient (Wildman–Crippen LogP) is 1.99. The van der Waals surface area contributed by atoms with Crippen LogP contribution in [-0.4, -0.2) is 43.6 Å². The van der Waals surface area contributed by atoms with Crippen molar-refractivity contribution in [2.45, 2.75) is 39.7 Å². The molecule has 5 nitrogen and oxygen atoms in total. The van der Waals surface area contributed by atoms with Crippen LogP contribution >= 0.6 is 11.3 Å². The Bertz CT molecular complexity index is 486. The van der Waals surface area contributed by atoms with Crippen LogP contribution < -0.4 is 5.32 Å². The number of aromatic nitrogens is 1. The lowest BCUT2D eigenvalue weighted by atomic mass is 10.3. The monoisotopic (exact) mass is 319 g/mol. The number of nitrogens with one attached hydrogen (secondary N) is 1. The molecule has 1 aromatic heterocycles. The van der Waals surface area contributed by atoms with E-state index in [4.69, 9.17) is 0 Å². The van der Waals surface area contributed by atoms with Gasteiger partial charge in [-0.15, -0.1) is 11.3 Å². The van der Waals surface area contributed by atoms with Gasteiger partial charge in [0.2, 0.25) is 10.0 Å². The summed E-state index contributed by atoms with van der Waals surface area (Å²) >= 11 is 1.50. The van der Waals surface area contributed by atoms with Gasteiger partial charge >= 0.3 is 0 Å². The molecule has 0 aliphatic carbocycles. The molecule has 1 aromatic rings. The van der Waals surface area contributed by atoms with Gasteiger partial charge in [0.05, 0.1) is 17.0 Å². The number of hydrogen-bond donors (Lipinski definition) is 1. The molecule has 20 heavy (non-hydrogen) atoms. The molecule has 0 saturated carbocycles. The Morgan fingerprint density at radius 3 is 2.70 bits per heavy atom. The highest BCUT2D eigenvalue weighted by atomic mass is 32.2. The Morgan fingerprint density at radius 2 is 2.10 bits per heavy atom. The van der Waals surface area contributed by atoms with E-state index in [9.17, 15) is 8.42 Å². The Balaban J connectivity index is 2.34. The van der Waals surface area contributed by atoms with Crippen LogP contribution in [0.25, 0.3) is 0 Å². The molecular weight excluding hydrogens is 294 g/mol. The fourth-order valence-electron chi connectivity index (χ4n) is 1.77. The number of nitrogens with zero attached hydrogens (tertiary/aromatic N) is 2. The number of rotatable bonds is 10. The minimum atomic E-state index is -3.16. The molecule has 0 spiro atoms. The van der Waals surface area contributed by atoms with Gasteiger partial charge < -0.3 is 5.32 Å². The van der Waals surface area contributed by atoms with E-state index in [-0.39, 0.29) is 5.75 Å². The molecule has 0 radical (unpaired) electrons. The van der Waals surface area contributed by atoms with Crippen molar-refractivity contribution < 1.29 is 8.42 Å². The van der Waals surface area contributed by atoms with Crippen LogP contribution in [0.2, 0.25) is 0 Å². The van der Waals surface area contributed by atoms with Gasteiger partial charge in [-0.05, 0) is 39.3 Å². The van der Waals surface area contributed by atoms with Crippen molar-refractivity contribution in [2.75, 3.05) is 25.9 Å². The molecule has 1 N–H and O–H groups in total. The van der Waals surface area contributed by atoms with Crippen molar-refractivity contribution in [3.05, 3.63) is 16.1 Å². The zero-order chi connectivity index (χ0) is 15.0. The number of thiazole rings is 1. The molecule has 0 amide bonds. The molecule has 0 aromatic carbocycles. The van der Waals surface area contributed by atoms with Crippen LogP contribution in [0.1, 0.15) is 36.8 Å². The average Bonchev–Trinajstić information content (AvgIpc) is 2.79. The summed E-state index contributed by atoms with van der Waals surface area (Å²) in [6.45, 7) is 6.34.